The van der Waals surface area contributed by atoms with Gasteiger partial charge in [0.2, 0.25) is 46.9 Å². The summed E-state index contributed by atoms with van der Waals surface area (Å²) in [5.74, 6) is -13.4. The van der Waals surface area contributed by atoms with Gasteiger partial charge in [-0.15, -0.1) is 0 Å². The van der Waals surface area contributed by atoms with Gasteiger partial charge in [0.25, 0.3) is 23.6 Å². The minimum absolute atomic E-state index is 0.0113. The van der Waals surface area contributed by atoms with Crippen molar-refractivity contribution in [3.63, 3.8) is 0 Å². The minimum Gasteiger partial charge on any atom is -0.420 e. The van der Waals surface area contributed by atoms with Crippen LogP contribution in [0.3, 0.4) is 0 Å². The van der Waals surface area contributed by atoms with Crippen LogP contribution in [-0.2, 0) is 85.8 Å². The number of ether oxygens (including phenoxy) is 9. The molecule has 0 radical (unpaired) electrons. The molecule has 1 unspecified atom stereocenters. The molecule has 452 valence electrons. The van der Waals surface area contributed by atoms with Crippen LogP contribution in [0, 0.1) is 23.3 Å². The lowest BCUT2D eigenvalue weighted by Gasteiger charge is -2.19. The Morgan fingerprint density at radius 1 is 0.420 bits per heavy atom. The molecule has 81 heavy (non-hydrogen) atoms. The van der Waals surface area contributed by atoms with Crippen LogP contribution in [0.1, 0.15) is 51.4 Å². The molecule has 2 aliphatic rings. The van der Waals surface area contributed by atoms with E-state index in [1.807, 2.05) is 0 Å². The summed E-state index contributed by atoms with van der Waals surface area (Å²) in [4.78, 5) is 122. The second-order valence-corrected chi connectivity index (χ2v) is 17.2. The summed E-state index contributed by atoms with van der Waals surface area (Å²) in [5, 5.41) is 13.5. The van der Waals surface area contributed by atoms with Crippen LogP contribution in [0.4, 0.5) is 17.6 Å². The molecule has 0 aliphatic carbocycles. The van der Waals surface area contributed by atoms with Crippen LogP contribution < -0.4 is 31.3 Å². The van der Waals surface area contributed by atoms with Gasteiger partial charge in [-0.1, -0.05) is 0 Å². The second kappa shape index (κ2) is 41.2. The average molecular weight is 1160 g/mol. The highest BCUT2D eigenvalue weighted by Crippen LogP contribution is 2.26. The lowest BCUT2D eigenvalue weighted by Crippen LogP contribution is -2.47. The van der Waals surface area contributed by atoms with Gasteiger partial charge in [0, 0.05) is 95.3 Å². The molecule has 0 aromatic heterocycles. The number of imide groups is 2. The highest BCUT2D eigenvalue weighted by molar-refractivity contribution is 6.13. The largest absolute Gasteiger partial charge is 0.420 e. The Morgan fingerprint density at radius 3 is 1.22 bits per heavy atom. The Labute approximate surface area is 464 Å². The molecule has 26 nitrogen and oxygen atoms in total. The summed E-state index contributed by atoms with van der Waals surface area (Å²) < 4.78 is 102. The average Bonchev–Trinajstić information content (AvgIpc) is 3.96. The van der Waals surface area contributed by atoms with Crippen molar-refractivity contribution in [3.8, 4) is 5.75 Å². The number of rotatable bonds is 47. The van der Waals surface area contributed by atoms with E-state index in [9.17, 15) is 65.5 Å². The van der Waals surface area contributed by atoms with Crippen molar-refractivity contribution < 1.29 is 108 Å². The van der Waals surface area contributed by atoms with Crippen molar-refractivity contribution in [1.82, 2.24) is 36.4 Å². The zero-order valence-corrected chi connectivity index (χ0v) is 44.8. The predicted molar refractivity (Wildman–Crippen MR) is 271 cm³/mol. The fourth-order valence-corrected chi connectivity index (χ4v) is 6.82. The molecule has 2 aliphatic heterocycles. The van der Waals surface area contributed by atoms with E-state index in [2.05, 4.69) is 31.3 Å². The molecular formula is C51H71F4N7O19. The quantitative estimate of drug-likeness (QED) is 0.0133. The van der Waals surface area contributed by atoms with Crippen LogP contribution >= 0.6 is 0 Å². The highest BCUT2D eigenvalue weighted by Gasteiger charge is 2.26. The molecule has 1 atom stereocenters. The van der Waals surface area contributed by atoms with Crippen LogP contribution in [0.25, 0.3) is 0 Å². The molecule has 0 fully saturated rings. The van der Waals surface area contributed by atoms with Crippen molar-refractivity contribution in [2.24, 2.45) is 0 Å². The predicted octanol–water partition coefficient (Wildman–Crippen LogP) is -0.798. The summed E-state index contributed by atoms with van der Waals surface area (Å²) in [6, 6.07) is -0.924. The number of amides is 9. The number of hydrogen-bond acceptors (Lipinski definition) is 19. The number of carbonyl (C=O) groups excluding carboxylic acids is 10. The van der Waals surface area contributed by atoms with Gasteiger partial charge in [-0.25, -0.2) is 8.78 Å². The molecule has 0 saturated carbocycles. The van der Waals surface area contributed by atoms with Crippen molar-refractivity contribution in [1.29, 1.82) is 0 Å². The Kier molecular flexibility index (Phi) is 34.9. The second-order valence-electron chi connectivity index (χ2n) is 17.2. The fourth-order valence-electron chi connectivity index (χ4n) is 6.82. The fraction of sp³-hybridized carbons (Fsp3) is 0.608. The van der Waals surface area contributed by atoms with Crippen LogP contribution in [0.5, 0.6) is 5.75 Å². The van der Waals surface area contributed by atoms with Gasteiger partial charge in [-0.3, -0.25) is 57.7 Å². The van der Waals surface area contributed by atoms with E-state index < -0.39 is 82.9 Å². The first-order chi connectivity index (χ1) is 39.1. The number of benzene rings is 1. The van der Waals surface area contributed by atoms with Crippen LogP contribution in [0.2, 0.25) is 0 Å². The monoisotopic (exact) mass is 1160 g/mol. The Balaban J connectivity index is 1.23. The molecular weight excluding hydrogens is 1090 g/mol. The molecule has 2 heterocycles. The van der Waals surface area contributed by atoms with Gasteiger partial charge in [0.15, 0.2) is 11.6 Å². The molecule has 1 aromatic carbocycles. The number of unbranched alkanes of at least 4 members (excludes halogenated alkanes) is 1. The van der Waals surface area contributed by atoms with Gasteiger partial charge < -0.3 is 69.2 Å². The maximum Gasteiger partial charge on any atom is 0.313 e. The topological polar surface area (TPSA) is 320 Å². The molecule has 0 spiro atoms. The Hall–Kier alpha value is -6.80. The lowest BCUT2D eigenvalue weighted by atomic mass is 10.1. The smallest absolute Gasteiger partial charge is 0.313 e. The third-order valence-electron chi connectivity index (χ3n) is 11.0. The standard InChI is InChI=1S/C51H71F4N7O19/c52-36-35-37(53)49(55)50(48(36)54)81-47(71)12-21-75-27-31-79-33-34-80-32-30-78-24-16-59-51(72)38(60-42(66)11-20-74-26-29-77-23-15-58-40(64)9-18-62-45(69)6-7-46(62)70)3-1-2-13-56-41(65)10-19-73-25-28-76-22-14-57-39(63)8-17-61-43(67)4-5-44(61)68/h4-7,35,38H,1-3,8-34H2,(H,56,65)(H,57,63)(H,58,64)(H,59,72)(H,60,66). The van der Waals surface area contributed by atoms with Gasteiger partial charge >= 0.3 is 5.97 Å². The maximum atomic E-state index is 13.7. The van der Waals surface area contributed by atoms with Gasteiger partial charge in [0.05, 0.1) is 112 Å². The van der Waals surface area contributed by atoms with Crippen LogP contribution in [0.15, 0.2) is 30.4 Å². The first-order valence-corrected chi connectivity index (χ1v) is 26.2. The first kappa shape index (κ1) is 68.5. The van der Waals surface area contributed by atoms with E-state index >= 15 is 0 Å². The summed E-state index contributed by atoms with van der Waals surface area (Å²) >= 11 is 0. The Bertz CT molecular complexity index is 2220. The highest BCUT2D eigenvalue weighted by atomic mass is 19.2. The summed E-state index contributed by atoms with van der Waals surface area (Å²) in [7, 11) is 0. The number of carbonyl (C=O) groups is 10. The summed E-state index contributed by atoms with van der Waals surface area (Å²) in [6.45, 7) is 2.88. The van der Waals surface area contributed by atoms with E-state index in [4.69, 9.17) is 37.9 Å². The molecule has 0 bridgehead atoms. The van der Waals surface area contributed by atoms with Crippen molar-refractivity contribution in [2.45, 2.75) is 57.4 Å². The number of nitrogens with one attached hydrogen (secondary N) is 5. The number of halogens is 4. The van der Waals surface area contributed by atoms with E-state index in [1.165, 1.54) is 0 Å². The Morgan fingerprint density at radius 2 is 0.778 bits per heavy atom. The zero-order valence-electron chi connectivity index (χ0n) is 44.8. The van der Waals surface area contributed by atoms with Gasteiger partial charge in [-0.2, -0.15) is 8.78 Å². The molecule has 9 amide bonds. The summed E-state index contributed by atoms with van der Waals surface area (Å²) in [5.41, 5.74) is 0. The molecule has 0 saturated heterocycles. The van der Waals surface area contributed by atoms with Gasteiger partial charge in [-0.05, 0) is 19.3 Å². The first-order valence-electron chi connectivity index (χ1n) is 26.2. The number of hydrogen-bond donors (Lipinski definition) is 5. The van der Waals surface area contributed by atoms with Crippen molar-refractivity contribution in [2.75, 3.05) is 145 Å². The van der Waals surface area contributed by atoms with E-state index in [0.717, 1.165) is 34.1 Å². The third kappa shape index (κ3) is 30.0. The SMILES string of the molecule is O=C(CCOCCOCCNC(=O)CCN1C(=O)C=CC1=O)NCCCCC(NC(=O)CCOCCOCCNC(=O)CCN1C(=O)C=CC1=O)C(=O)NCCOCCOCCOCCOCCC(=O)Oc1c(F)c(F)cc(F)c1F. The number of nitrogens with zero attached hydrogens (tertiary/aromatic N) is 2. The molecule has 5 N–H and O–H groups in total. The summed E-state index contributed by atoms with van der Waals surface area (Å²) in [6.07, 6.45) is 5.27. The van der Waals surface area contributed by atoms with E-state index in [0.29, 0.717) is 19.4 Å². The van der Waals surface area contributed by atoms with E-state index in [-0.39, 0.29) is 194 Å². The van der Waals surface area contributed by atoms with Crippen molar-refractivity contribution in [3.05, 3.63) is 53.6 Å². The third-order valence-corrected chi connectivity index (χ3v) is 11.0. The lowest BCUT2D eigenvalue weighted by molar-refractivity contribution is -0.139. The van der Waals surface area contributed by atoms with Gasteiger partial charge in [0.1, 0.15) is 6.04 Å². The molecule has 1 aromatic rings. The molecule has 30 heteroatoms. The van der Waals surface area contributed by atoms with Crippen LogP contribution in [-0.4, -0.2) is 220 Å². The molecule has 3 rings (SSSR count). The van der Waals surface area contributed by atoms with Crippen molar-refractivity contribution >= 4 is 59.1 Å². The maximum absolute atomic E-state index is 13.7. The minimum atomic E-state index is -1.84. The number of esters is 1. The normalized spacial score (nSPS) is 13.3. The van der Waals surface area contributed by atoms with E-state index in [1.54, 1.807) is 0 Å². The zero-order chi connectivity index (χ0) is 59.0.